The van der Waals surface area contributed by atoms with E-state index in [-0.39, 0.29) is 15.3 Å². The molecule has 0 aliphatic rings. The molecule has 0 bridgehead atoms. The summed E-state index contributed by atoms with van der Waals surface area (Å²) in [6, 6.07) is 2.44. The molecule has 7 nitrogen and oxygen atoms in total. The predicted molar refractivity (Wildman–Crippen MR) is 85.3 cm³/mol. The Balaban J connectivity index is 3.53. The Morgan fingerprint density at radius 3 is 1.76 bits per heavy atom. The van der Waals surface area contributed by atoms with Crippen LogP contribution >= 0.6 is 15.9 Å². The van der Waals surface area contributed by atoms with Gasteiger partial charge in [0.1, 0.15) is 0 Å². The van der Waals surface area contributed by atoms with Gasteiger partial charge in [-0.3, -0.25) is 20.2 Å². The van der Waals surface area contributed by atoms with Crippen molar-refractivity contribution in [2.45, 2.75) is 38.9 Å². The number of halogens is 1. The normalized spacial score (nSPS) is 12.1. The lowest BCUT2D eigenvalue weighted by atomic mass is 10.2. The summed E-state index contributed by atoms with van der Waals surface area (Å²) in [6.07, 6.45) is 0. The van der Waals surface area contributed by atoms with Gasteiger partial charge in [0.2, 0.25) is 0 Å². The smallest absolute Gasteiger partial charge is 0.318 e. The fourth-order valence-electron chi connectivity index (χ4n) is 1.35. The number of hydrogen-bond donors (Lipinski definition) is 0. The Bertz CT molecular complexity index is 563. The molecule has 0 unspecified atom stereocenters. The van der Waals surface area contributed by atoms with Gasteiger partial charge in [0, 0.05) is 16.6 Å². The zero-order chi connectivity index (χ0) is 16.6. The van der Waals surface area contributed by atoms with Crippen molar-refractivity contribution in [2.75, 3.05) is 0 Å². The lowest BCUT2D eigenvalue weighted by molar-refractivity contribution is -0.395. The molecule has 0 atom stereocenters. The number of nitro benzene ring substituents is 2. The summed E-state index contributed by atoms with van der Waals surface area (Å²) < 4.78 is 6.11. The van der Waals surface area contributed by atoms with Crippen LogP contribution in [0.3, 0.4) is 0 Å². The quantitative estimate of drug-likeness (QED) is 0.432. The third kappa shape index (κ3) is 3.79. The molecule has 1 aromatic carbocycles. The fourth-order valence-corrected chi connectivity index (χ4v) is 2.81. The summed E-state index contributed by atoms with van der Waals surface area (Å²) in [6.45, 7) is 9.62. The van der Waals surface area contributed by atoms with Crippen LogP contribution in [-0.2, 0) is 0 Å². The van der Waals surface area contributed by atoms with Crippen molar-refractivity contribution in [1.82, 2.24) is 0 Å². The molecular weight excluding hydrogens is 360 g/mol. The predicted octanol–water partition coefficient (Wildman–Crippen LogP) is 4.65. The molecule has 0 saturated carbocycles. The zero-order valence-electron chi connectivity index (χ0n) is 12.5. The second-order valence-electron chi connectivity index (χ2n) is 6.15. The Labute approximate surface area is 131 Å². The highest BCUT2D eigenvalue weighted by atomic mass is 79.9. The van der Waals surface area contributed by atoms with E-state index in [2.05, 4.69) is 15.9 Å². The van der Waals surface area contributed by atoms with Gasteiger partial charge in [-0.2, -0.15) is 0 Å². The molecule has 0 radical (unpaired) electrons. The van der Waals surface area contributed by atoms with Gasteiger partial charge in [-0.1, -0.05) is 36.7 Å². The molecular formula is C12H17BrN2O5Si. The number of benzene rings is 1. The first kappa shape index (κ1) is 17.6. The standard InChI is InChI=1S/C12H17BrN2O5Si/c1-12(2,3)21(4,5)20-11-9(14(16)17)6-8(13)7-10(11)15(18)19/h6-7H,1-5H3. The zero-order valence-corrected chi connectivity index (χ0v) is 15.1. The highest BCUT2D eigenvalue weighted by Crippen LogP contribution is 2.45. The van der Waals surface area contributed by atoms with E-state index >= 15 is 0 Å². The highest BCUT2D eigenvalue weighted by Gasteiger charge is 2.42. The van der Waals surface area contributed by atoms with E-state index in [4.69, 9.17) is 4.43 Å². The minimum Gasteiger partial charge on any atom is -0.534 e. The van der Waals surface area contributed by atoms with Crippen molar-refractivity contribution in [3.05, 3.63) is 36.8 Å². The molecule has 0 heterocycles. The van der Waals surface area contributed by atoms with Gasteiger partial charge in [-0.05, 0) is 18.1 Å². The number of nitrogens with zero attached hydrogens (tertiary/aromatic N) is 2. The second kappa shape index (κ2) is 5.72. The molecule has 1 aromatic rings. The Morgan fingerprint density at radius 1 is 1.10 bits per heavy atom. The summed E-state index contributed by atoms with van der Waals surface area (Å²) in [5, 5.41) is 22.1. The maximum absolute atomic E-state index is 11.2. The van der Waals surface area contributed by atoms with Crippen LogP contribution < -0.4 is 4.43 Å². The number of nitro groups is 2. The van der Waals surface area contributed by atoms with E-state index in [1.807, 2.05) is 33.9 Å². The van der Waals surface area contributed by atoms with Crippen LogP contribution in [0, 0.1) is 20.2 Å². The topological polar surface area (TPSA) is 95.5 Å². The van der Waals surface area contributed by atoms with E-state index in [9.17, 15) is 20.2 Å². The van der Waals surface area contributed by atoms with E-state index < -0.39 is 29.5 Å². The summed E-state index contributed by atoms with van der Waals surface area (Å²) in [4.78, 5) is 21.0. The van der Waals surface area contributed by atoms with Crippen LogP contribution in [0.2, 0.25) is 18.1 Å². The Morgan fingerprint density at radius 2 is 1.48 bits per heavy atom. The van der Waals surface area contributed by atoms with Crippen molar-refractivity contribution in [2.24, 2.45) is 0 Å². The monoisotopic (exact) mass is 376 g/mol. The van der Waals surface area contributed by atoms with Gasteiger partial charge in [0.05, 0.1) is 9.85 Å². The molecule has 0 fully saturated rings. The molecule has 0 spiro atoms. The van der Waals surface area contributed by atoms with Gasteiger partial charge >= 0.3 is 11.4 Å². The average Bonchev–Trinajstić information content (AvgIpc) is 2.28. The van der Waals surface area contributed by atoms with Gasteiger partial charge in [-0.15, -0.1) is 0 Å². The molecule has 9 heteroatoms. The molecule has 116 valence electrons. The summed E-state index contributed by atoms with van der Waals surface area (Å²) in [5.74, 6) is -0.264. The SMILES string of the molecule is CC(C)(C)[Si](C)(C)Oc1c([N+](=O)[O-])cc(Br)cc1[N+](=O)[O-]. The van der Waals surface area contributed by atoms with Crippen molar-refractivity contribution in [3.8, 4) is 5.75 Å². The maximum Gasteiger partial charge on any atom is 0.318 e. The van der Waals surface area contributed by atoms with Crippen LogP contribution in [0.25, 0.3) is 0 Å². The molecule has 1 rings (SSSR count). The summed E-state index contributed by atoms with van der Waals surface area (Å²) in [7, 11) is -2.44. The van der Waals surface area contributed by atoms with Crippen LogP contribution in [-0.4, -0.2) is 18.2 Å². The van der Waals surface area contributed by atoms with Gasteiger partial charge in [0.15, 0.2) is 0 Å². The largest absolute Gasteiger partial charge is 0.534 e. The molecule has 0 aliphatic heterocycles. The lowest BCUT2D eigenvalue weighted by Crippen LogP contribution is -2.44. The highest BCUT2D eigenvalue weighted by molar-refractivity contribution is 9.10. The average molecular weight is 377 g/mol. The molecule has 0 N–H and O–H groups in total. The molecule has 0 amide bonds. The third-order valence-corrected chi connectivity index (χ3v) is 8.36. The van der Waals surface area contributed by atoms with Crippen molar-refractivity contribution in [1.29, 1.82) is 0 Å². The number of rotatable bonds is 4. The lowest BCUT2D eigenvalue weighted by Gasteiger charge is -2.35. The second-order valence-corrected chi connectivity index (χ2v) is 11.8. The first-order valence-corrected chi connectivity index (χ1v) is 9.88. The van der Waals surface area contributed by atoms with Crippen LogP contribution in [0.1, 0.15) is 20.8 Å². The summed E-state index contributed by atoms with van der Waals surface area (Å²) >= 11 is 3.05. The fraction of sp³-hybridized carbons (Fsp3) is 0.500. The van der Waals surface area contributed by atoms with Crippen molar-refractivity contribution in [3.63, 3.8) is 0 Å². The van der Waals surface area contributed by atoms with Crippen LogP contribution in [0.15, 0.2) is 16.6 Å². The van der Waals surface area contributed by atoms with E-state index in [1.165, 1.54) is 12.1 Å². The van der Waals surface area contributed by atoms with E-state index in [1.54, 1.807) is 0 Å². The maximum atomic E-state index is 11.2. The van der Waals surface area contributed by atoms with E-state index in [0.29, 0.717) is 0 Å². The molecule has 0 saturated heterocycles. The third-order valence-electron chi connectivity index (χ3n) is 3.57. The molecule has 21 heavy (non-hydrogen) atoms. The van der Waals surface area contributed by atoms with Crippen molar-refractivity contribution < 1.29 is 14.3 Å². The van der Waals surface area contributed by atoms with Gasteiger partial charge in [-0.25, -0.2) is 0 Å². The number of hydrogen-bond acceptors (Lipinski definition) is 5. The van der Waals surface area contributed by atoms with Gasteiger partial charge < -0.3 is 4.43 Å². The van der Waals surface area contributed by atoms with Crippen LogP contribution in [0.4, 0.5) is 11.4 Å². The Hall–Kier alpha value is -1.48. The van der Waals surface area contributed by atoms with Crippen LogP contribution in [0.5, 0.6) is 5.75 Å². The molecule has 0 aliphatic carbocycles. The van der Waals surface area contributed by atoms with Gasteiger partial charge in [0.25, 0.3) is 14.1 Å². The Kier molecular flexibility index (Phi) is 4.79. The minimum absolute atomic E-state index is 0.234. The minimum atomic E-state index is -2.44. The summed E-state index contributed by atoms with van der Waals surface area (Å²) in [5.41, 5.74) is -0.804. The molecule has 0 aromatic heterocycles. The van der Waals surface area contributed by atoms with Crippen molar-refractivity contribution >= 4 is 35.6 Å². The van der Waals surface area contributed by atoms with E-state index in [0.717, 1.165) is 0 Å². The first-order chi connectivity index (χ1) is 9.36. The first-order valence-electron chi connectivity index (χ1n) is 6.18.